The Balaban J connectivity index is 2.44. The minimum Gasteiger partial charge on any atom is -0.478 e. The number of fused-ring (bicyclic) bond motifs is 1. The average molecular weight is 268 g/mol. The van der Waals surface area contributed by atoms with Crippen LogP contribution in [0, 0.1) is 0 Å². The van der Waals surface area contributed by atoms with Gasteiger partial charge in [-0.15, -0.1) is 11.3 Å². The van der Waals surface area contributed by atoms with Crippen molar-refractivity contribution >= 4 is 40.4 Å². The Kier molecular flexibility index (Phi) is 3.11. The predicted molar refractivity (Wildman–Crippen MR) is 63.7 cm³/mol. The molecule has 2 heterocycles. The molecule has 94 valence electrons. The zero-order chi connectivity index (χ0) is 13.3. The van der Waals surface area contributed by atoms with Crippen molar-refractivity contribution in [3.8, 4) is 0 Å². The molecule has 0 bridgehead atoms. The number of thiophene rings is 1. The molecule has 1 aliphatic rings. The molecule has 2 rings (SSSR count). The van der Waals surface area contributed by atoms with Gasteiger partial charge in [-0.2, -0.15) is 0 Å². The summed E-state index contributed by atoms with van der Waals surface area (Å²) in [6.07, 6.45) is 2.00. The smallest absolute Gasteiger partial charge is 0.394 e. The first-order chi connectivity index (χ1) is 8.50. The summed E-state index contributed by atoms with van der Waals surface area (Å²) in [6, 6.07) is 0. The average Bonchev–Trinajstić information content (AvgIpc) is 2.66. The Morgan fingerprint density at radius 3 is 2.67 bits per heavy atom. The molecule has 0 atom stereocenters. The van der Waals surface area contributed by atoms with Crippen LogP contribution in [0.2, 0.25) is 0 Å². The molecule has 0 radical (unpaired) electrons. The third-order valence-corrected chi connectivity index (χ3v) is 3.45. The quantitative estimate of drug-likeness (QED) is 0.673. The molecule has 7 nitrogen and oxygen atoms in total. The first-order valence-electron chi connectivity index (χ1n) is 4.93. The van der Waals surface area contributed by atoms with Gasteiger partial charge in [0.25, 0.3) is 0 Å². The first kappa shape index (κ1) is 12.2. The van der Waals surface area contributed by atoms with Gasteiger partial charge >= 0.3 is 17.8 Å². The number of carbonyl (C=O) groups excluding carboxylic acids is 1. The Hall–Kier alpha value is -2.22. The van der Waals surface area contributed by atoms with Crippen LogP contribution in [0.25, 0.3) is 0 Å². The SMILES string of the molecule is O=C(O)C(=O)Nc1sc2c(c1C(=O)O)CCN=C2. The number of anilines is 1. The van der Waals surface area contributed by atoms with Crippen molar-refractivity contribution in [2.45, 2.75) is 6.42 Å². The highest BCUT2D eigenvalue weighted by molar-refractivity contribution is 7.18. The number of aliphatic carboxylic acids is 1. The maximum Gasteiger partial charge on any atom is 0.394 e. The van der Waals surface area contributed by atoms with Crippen LogP contribution in [0.3, 0.4) is 0 Å². The van der Waals surface area contributed by atoms with Crippen LogP contribution in [-0.2, 0) is 16.0 Å². The van der Waals surface area contributed by atoms with E-state index in [1.165, 1.54) is 6.21 Å². The zero-order valence-electron chi connectivity index (χ0n) is 8.97. The number of carbonyl (C=O) groups is 3. The number of carboxylic acids is 2. The molecule has 0 unspecified atom stereocenters. The number of aromatic carboxylic acids is 1. The molecule has 1 aliphatic heterocycles. The molecule has 3 N–H and O–H groups in total. The highest BCUT2D eigenvalue weighted by atomic mass is 32.1. The molecule has 0 aromatic carbocycles. The summed E-state index contributed by atoms with van der Waals surface area (Å²) in [4.78, 5) is 37.3. The van der Waals surface area contributed by atoms with Crippen molar-refractivity contribution < 1.29 is 24.6 Å². The van der Waals surface area contributed by atoms with Gasteiger partial charge in [0, 0.05) is 12.8 Å². The van der Waals surface area contributed by atoms with E-state index in [0.29, 0.717) is 23.4 Å². The Labute approximate surface area is 105 Å². The van der Waals surface area contributed by atoms with Gasteiger partial charge in [-0.1, -0.05) is 0 Å². The van der Waals surface area contributed by atoms with E-state index in [-0.39, 0.29) is 10.6 Å². The zero-order valence-corrected chi connectivity index (χ0v) is 9.78. The van der Waals surface area contributed by atoms with Crippen molar-refractivity contribution in [1.82, 2.24) is 0 Å². The molecule has 0 spiro atoms. The first-order valence-corrected chi connectivity index (χ1v) is 5.75. The fourth-order valence-corrected chi connectivity index (χ4v) is 2.76. The molecular formula is C10H8N2O5S. The van der Waals surface area contributed by atoms with E-state index >= 15 is 0 Å². The van der Waals surface area contributed by atoms with Gasteiger partial charge in [-0.25, -0.2) is 9.59 Å². The van der Waals surface area contributed by atoms with E-state index in [1.54, 1.807) is 0 Å². The molecule has 1 amide bonds. The van der Waals surface area contributed by atoms with E-state index < -0.39 is 17.8 Å². The van der Waals surface area contributed by atoms with Gasteiger partial charge in [-0.3, -0.25) is 9.79 Å². The molecule has 1 aromatic heterocycles. The largest absolute Gasteiger partial charge is 0.478 e. The summed E-state index contributed by atoms with van der Waals surface area (Å²) in [5, 5.41) is 19.7. The second kappa shape index (κ2) is 4.57. The van der Waals surface area contributed by atoms with Gasteiger partial charge in [0.15, 0.2) is 0 Å². The second-order valence-electron chi connectivity index (χ2n) is 3.50. The topological polar surface area (TPSA) is 116 Å². The number of hydrogen-bond acceptors (Lipinski definition) is 5. The van der Waals surface area contributed by atoms with Crippen LogP contribution < -0.4 is 5.32 Å². The van der Waals surface area contributed by atoms with Crippen LogP contribution in [0.4, 0.5) is 5.00 Å². The van der Waals surface area contributed by atoms with Gasteiger partial charge in [0.1, 0.15) is 5.00 Å². The van der Waals surface area contributed by atoms with Gasteiger partial charge in [-0.05, 0) is 12.0 Å². The highest BCUT2D eigenvalue weighted by Crippen LogP contribution is 2.34. The summed E-state index contributed by atoms with van der Waals surface area (Å²) in [7, 11) is 0. The van der Waals surface area contributed by atoms with Crippen LogP contribution in [0.1, 0.15) is 20.8 Å². The fraction of sp³-hybridized carbons (Fsp3) is 0.200. The number of carboxylic acid groups (broad SMARTS) is 2. The Bertz CT molecular complexity index is 575. The van der Waals surface area contributed by atoms with Gasteiger partial charge in [0.05, 0.1) is 10.4 Å². The molecule has 0 saturated heterocycles. The van der Waals surface area contributed by atoms with Gasteiger partial charge in [0.2, 0.25) is 0 Å². The van der Waals surface area contributed by atoms with Crippen molar-refractivity contribution in [3.63, 3.8) is 0 Å². The number of hydrogen-bond donors (Lipinski definition) is 3. The minimum absolute atomic E-state index is 0.0354. The predicted octanol–water partition coefficient (Wildman–Crippen LogP) is 0.444. The third kappa shape index (κ3) is 2.09. The lowest BCUT2D eigenvalue weighted by molar-refractivity contribution is -0.147. The van der Waals surface area contributed by atoms with Crippen molar-refractivity contribution in [3.05, 3.63) is 16.0 Å². The summed E-state index contributed by atoms with van der Waals surface area (Å²) in [6.45, 7) is 0.482. The molecular weight excluding hydrogens is 260 g/mol. The van der Waals surface area contributed by atoms with Crippen LogP contribution in [-0.4, -0.2) is 40.8 Å². The van der Waals surface area contributed by atoms with E-state index in [9.17, 15) is 14.4 Å². The normalized spacial score (nSPS) is 12.9. The molecule has 0 fully saturated rings. The monoisotopic (exact) mass is 268 g/mol. The number of rotatable bonds is 2. The van der Waals surface area contributed by atoms with Crippen LogP contribution in [0.5, 0.6) is 0 Å². The molecule has 0 aliphatic carbocycles. The van der Waals surface area contributed by atoms with Crippen molar-refractivity contribution in [2.24, 2.45) is 4.99 Å². The molecule has 8 heteroatoms. The van der Waals surface area contributed by atoms with E-state index in [2.05, 4.69) is 10.3 Å². The van der Waals surface area contributed by atoms with Crippen molar-refractivity contribution in [1.29, 1.82) is 0 Å². The van der Waals surface area contributed by atoms with E-state index in [0.717, 1.165) is 11.3 Å². The Morgan fingerprint density at radius 2 is 2.06 bits per heavy atom. The standard InChI is InChI=1S/C10H8N2O5S/c13-7(10(16)17)12-8-6(9(14)15)4-1-2-11-3-5(4)18-8/h3H,1-2H2,(H,12,13)(H,14,15)(H,16,17). The molecule has 0 saturated carbocycles. The summed E-state index contributed by atoms with van der Waals surface area (Å²) < 4.78 is 0. The van der Waals surface area contributed by atoms with Crippen LogP contribution in [0.15, 0.2) is 4.99 Å². The number of nitrogens with zero attached hydrogens (tertiary/aromatic N) is 1. The van der Waals surface area contributed by atoms with Crippen LogP contribution >= 0.6 is 11.3 Å². The van der Waals surface area contributed by atoms with Gasteiger partial charge < -0.3 is 15.5 Å². The molecule has 1 aromatic rings. The van der Waals surface area contributed by atoms with E-state index in [4.69, 9.17) is 10.2 Å². The Morgan fingerprint density at radius 1 is 1.33 bits per heavy atom. The number of nitrogens with one attached hydrogen (secondary N) is 1. The summed E-state index contributed by atoms with van der Waals surface area (Å²) in [5.41, 5.74) is 0.541. The minimum atomic E-state index is -1.66. The third-order valence-electron chi connectivity index (χ3n) is 2.37. The second-order valence-corrected chi connectivity index (χ2v) is 4.55. The number of aliphatic imine (C=N–C) groups is 1. The lowest BCUT2D eigenvalue weighted by atomic mass is 10.1. The van der Waals surface area contributed by atoms with E-state index in [1.807, 2.05) is 0 Å². The highest BCUT2D eigenvalue weighted by Gasteiger charge is 2.26. The van der Waals surface area contributed by atoms with Crippen molar-refractivity contribution in [2.75, 3.05) is 11.9 Å². The maximum atomic E-state index is 11.2. The molecule has 18 heavy (non-hydrogen) atoms. The summed E-state index contributed by atoms with van der Waals surface area (Å²) in [5.74, 6) is -4.11. The maximum absolute atomic E-state index is 11.2. The lowest BCUT2D eigenvalue weighted by Gasteiger charge is -2.05. The number of amides is 1. The summed E-state index contributed by atoms with van der Waals surface area (Å²) >= 11 is 1.01. The lowest BCUT2D eigenvalue weighted by Crippen LogP contribution is -2.22. The fourth-order valence-electron chi connectivity index (χ4n) is 1.63.